The summed E-state index contributed by atoms with van der Waals surface area (Å²) in [6.07, 6.45) is 3.17. The van der Waals surface area contributed by atoms with Crippen LogP contribution in [0.4, 0.5) is 0 Å². The minimum absolute atomic E-state index is 0.00412. The number of hydrogen-bond acceptors (Lipinski definition) is 11. The van der Waals surface area contributed by atoms with E-state index in [1.165, 1.54) is 24.3 Å². The van der Waals surface area contributed by atoms with Crippen LogP contribution in [0.5, 0.6) is 0 Å². The van der Waals surface area contributed by atoms with E-state index in [-0.39, 0.29) is 44.7 Å². The summed E-state index contributed by atoms with van der Waals surface area (Å²) in [6, 6.07) is 10.1. The molecule has 1 saturated heterocycles. The van der Waals surface area contributed by atoms with Crippen molar-refractivity contribution < 1.29 is 43.9 Å². The maximum atomic E-state index is 13.6. The molecule has 6 amide bonds. The number of amides is 6. The first-order valence-corrected chi connectivity index (χ1v) is 20.6. The standard InChI is InChI=1S/C41H63BN8O9/c1-5-7-10-27-12-14-28(15-13-27)29-16-18-30(19-17-29)37(53)45-22-20-35(52)50-24-31(44)23-34(50)40(56)49-36(25(3)51)41(57)47-32(6-2)38(54)48-33(11-8-9-21-43)39(55)46-26(4)42(58)59/h12-19,25-26,31-34,36,51,58-59H,5-11,20-24,43-44H2,1-4H3,(H,45,53)(H,46,55)(H,47,57)(H,48,54)(H,49,56)/t25-,26+,31+,32+,33+,34+,36+/m1/s1. The molecule has 1 aliphatic heterocycles. The molecule has 2 aromatic carbocycles. The number of carbonyl (C=O) groups is 6. The molecule has 0 unspecified atom stereocenters. The number of nitrogens with zero attached hydrogens (tertiary/aromatic N) is 1. The molecule has 18 heteroatoms. The molecule has 3 rings (SSSR count). The normalized spacial score (nSPS) is 17.5. The van der Waals surface area contributed by atoms with Crippen LogP contribution in [0, 0.1) is 0 Å². The van der Waals surface area contributed by atoms with Crippen molar-refractivity contribution in [2.75, 3.05) is 19.6 Å². The fourth-order valence-corrected chi connectivity index (χ4v) is 6.68. The van der Waals surface area contributed by atoms with Crippen molar-refractivity contribution in [1.82, 2.24) is 31.5 Å². The summed E-state index contributed by atoms with van der Waals surface area (Å²) >= 11 is 0. The van der Waals surface area contributed by atoms with Crippen molar-refractivity contribution in [2.24, 2.45) is 11.5 Å². The van der Waals surface area contributed by atoms with Gasteiger partial charge in [-0.25, -0.2) is 0 Å². The predicted molar refractivity (Wildman–Crippen MR) is 224 cm³/mol. The number of rotatable bonds is 23. The van der Waals surface area contributed by atoms with E-state index >= 15 is 0 Å². The van der Waals surface area contributed by atoms with Gasteiger partial charge >= 0.3 is 7.12 Å². The lowest BCUT2D eigenvalue weighted by molar-refractivity contribution is -0.140. The molecule has 0 aliphatic carbocycles. The number of carbonyl (C=O) groups excluding carboxylic acids is 6. The van der Waals surface area contributed by atoms with Crippen LogP contribution in [0.15, 0.2) is 48.5 Å². The van der Waals surface area contributed by atoms with Gasteiger partial charge in [0, 0.05) is 31.1 Å². The van der Waals surface area contributed by atoms with Crippen molar-refractivity contribution in [3.63, 3.8) is 0 Å². The second-order valence-electron chi connectivity index (χ2n) is 15.2. The lowest BCUT2D eigenvalue weighted by Crippen LogP contribution is -2.60. The average Bonchev–Trinajstić information content (AvgIpc) is 3.62. The van der Waals surface area contributed by atoms with Crippen LogP contribution in [0.25, 0.3) is 11.1 Å². The van der Waals surface area contributed by atoms with E-state index in [1.54, 1.807) is 19.1 Å². The molecular formula is C41H63BN8O9. The Morgan fingerprint density at radius 2 is 1.44 bits per heavy atom. The Hall–Kier alpha value is -4.88. The molecule has 12 N–H and O–H groups in total. The van der Waals surface area contributed by atoms with E-state index < -0.39 is 78.9 Å². The number of hydrogen-bond donors (Lipinski definition) is 10. The third-order valence-corrected chi connectivity index (χ3v) is 10.3. The molecule has 0 bridgehead atoms. The number of likely N-dealkylation sites (tertiary alicyclic amines) is 1. The molecule has 1 aliphatic rings. The summed E-state index contributed by atoms with van der Waals surface area (Å²) < 4.78 is 0. The third-order valence-electron chi connectivity index (χ3n) is 10.3. The lowest BCUT2D eigenvalue weighted by atomic mass is 9.81. The van der Waals surface area contributed by atoms with Gasteiger partial charge in [-0.1, -0.05) is 56.7 Å². The molecule has 17 nitrogen and oxygen atoms in total. The van der Waals surface area contributed by atoms with Gasteiger partial charge in [-0.2, -0.15) is 0 Å². The van der Waals surface area contributed by atoms with Crippen LogP contribution >= 0.6 is 0 Å². The number of unbranched alkanes of at least 4 members (excludes halogenated alkanes) is 2. The van der Waals surface area contributed by atoms with Crippen LogP contribution in [0.3, 0.4) is 0 Å². The summed E-state index contributed by atoms with van der Waals surface area (Å²) in [6.45, 7) is 6.86. The van der Waals surface area contributed by atoms with Gasteiger partial charge < -0.3 is 58.1 Å². The fourth-order valence-electron chi connectivity index (χ4n) is 6.68. The molecule has 0 aromatic heterocycles. The molecule has 0 radical (unpaired) electrons. The maximum Gasteiger partial charge on any atom is 0.475 e. The van der Waals surface area contributed by atoms with Gasteiger partial charge in [0.1, 0.15) is 24.2 Å². The topological polar surface area (TPSA) is 279 Å². The Morgan fingerprint density at radius 1 is 0.831 bits per heavy atom. The Labute approximate surface area is 346 Å². The van der Waals surface area contributed by atoms with Crippen molar-refractivity contribution in [2.45, 2.75) is 128 Å². The van der Waals surface area contributed by atoms with E-state index in [4.69, 9.17) is 11.5 Å². The second-order valence-corrected chi connectivity index (χ2v) is 15.2. The number of aliphatic hydroxyl groups is 1. The zero-order chi connectivity index (χ0) is 43.6. The quantitative estimate of drug-likeness (QED) is 0.0510. The predicted octanol–water partition coefficient (Wildman–Crippen LogP) is -0.365. The Morgan fingerprint density at radius 3 is 2.02 bits per heavy atom. The highest BCUT2D eigenvalue weighted by Gasteiger charge is 2.40. The molecular weight excluding hydrogens is 759 g/mol. The first kappa shape index (κ1) is 48.5. The van der Waals surface area contributed by atoms with Crippen molar-refractivity contribution >= 4 is 42.6 Å². The van der Waals surface area contributed by atoms with Gasteiger partial charge in [0.25, 0.3) is 5.91 Å². The number of benzene rings is 2. The zero-order valence-electron chi connectivity index (χ0n) is 34.6. The summed E-state index contributed by atoms with van der Waals surface area (Å²) in [4.78, 5) is 80.7. The molecule has 2 aromatic rings. The lowest BCUT2D eigenvalue weighted by Gasteiger charge is -2.28. The van der Waals surface area contributed by atoms with Gasteiger partial charge in [0.2, 0.25) is 29.5 Å². The molecule has 324 valence electrons. The van der Waals surface area contributed by atoms with Crippen LogP contribution in [-0.2, 0) is 30.4 Å². The van der Waals surface area contributed by atoms with Crippen LogP contribution in [0.2, 0.25) is 0 Å². The minimum Gasteiger partial charge on any atom is -0.426 e. The summed E-state index contributed by atoms with van der Waals surface area (Å²) in [5, 5.41) is 42.1. The number of aryl methyl sites for hydroxylation is 1. The Bertz CT molecular complexity index is 1700. The zero-order valence-corrected chi connectivity index (χ0v) is 34.6. The van der Waals surface area contributed by atoms with Crippen molar-refractivity contribution in [3.05, 3.63) is 59.7 Å². The second kappa shape index (κ2) is 24.3. The maximum absolute atomic E-state index is 13.6. The largest absolute Gasteiger partial charge is 0.475 e. The number of nitrogens with one attached hydrogen (secondary N) is 5. The molecule has 7 atom stereocenters. The van der Waals surface area contributed by atoms with Gasteiger partial charge in [-0.3, -0.25) is 28.8 Å². The molecule has 1 fully saturated rings. The average molecular weight is 823 g/mol. The molecule has 1 heterocycles. The van der Waals surface area contributed by atoms with E-state index in [1.807, 2.05) is 12.1 Å². The highest BCUT2D eigenvalue weighted by atomic mass is 16.4. The first-order valence-electron chi connectivity index (χ1n) is 20.6. The Kier molecular flexibility index (Phi) is 19.9. The highest BCUT2D eigenvalue weighted by molar-refractivity contribution is 6.43. The highest BCUT2D eigenvalue weighted by Crippen LogP contribution is 2.22. The van der Waals surface area contributed by atoms with Crippen LogP contribution < -0.4 is 38.1 Å². The van der Waals surface area contributed by atoms with Crippen molar-refractivity contribution in [1.29, 1.82) is 0 Å². The third kappa shape index (κ3) is 15.0. The van der Waals surface area contributed by atoms with Gasteiger partial charge in [-0.05, 0) is 94.2 Å². The number of nitrogens with two attached hydrogens (primary N) is 2. The van der Waals surface area contributed by atoms with Crippen molar-refractivity contribution in [3.8, 4) is 11.1 Å². The Balaban J connectivity index is 1.57. The van der Waals surface area contributed by atoms with Gasteiger partial charge in [0.05, 0.1) is 12.0 Å². The number of aliphatic hydroxyl groups excluding tert-OH is 1. The van der Waals surface area contributed by atoms with E-state index in [9.17, 15) is 43.9 Å². The van der Waals surface area contributed by atoms with E-state index in [2.05, 4.69) is 57.8 Å². The van der Waals surface area contributed by atoms with Crippen LogP contribution in [0.1, 0.15) is 95.0 Å². The molecule has 0 spiro atoms. The van der Waals surface area contributed by atoms with E-state index in [0.717, 1.165) is 30.4 Å². The van der Waals surface area contributed by atoms with Gasteiger partial charge in [-0.15, -0.1) is 0 Å². The van der Waals surface area contributed by atoms with E-state index in [0.29, 0.717) is 24.9 Å². The monoisotopic (exact) mass is 822 g/mol. The molecule has 0 saturated carbocycles. The fraction of sp³-hybridized carbons (Fsp3) is 0.561. The van der Waals surface area contributed by atoms with Gasteiger partial charge in [0.15, 0.2) is 0 Å². The molecule has 59 heavy (non-hydrogen) atoms. The summed E-state index contributed by atoms with van der Waals surface area (Å²) in [7, 11) is -1.83. The summed E-state index contributed by atoms with van der Waals surface area (Å²) in [5.41, 5.74) is 15.4. The smallest absolute Gasteiger partial charge is 0.426 e. The van der Waals surface area contributed by atoms with Crippen LogP contribution in [-0.4, -0.2) is 125 Å². The first-order chi connectivity index (χ1) is 28.1. The minimum atomic E-state index is -1.83. The SMILES string of the molecule is CCCCc1ccc(-c2ccc(C(=O)NCCC(=O)N3C[C@@H](N)C[C@H]3C(=O)N[C@H](C(=O)N[C@@H](CC)C(=O)N[C@@H](CCCCN)C(=O)N[C@@H](C)B(O)O)[C@@H](C)O)cc2)cc1. The summed E-state index contributed by atoms with van der Waals surface area (Å²) in [5.74, 6) is -4.81.